The van der Waals surface area contributed by atoms with Crippen molar-refractivity contribution >= 4 is 11.4 Å². The standard InChI is InChI=1S/C18H22N2/c1-14-8-4-6-10-17(14)20-13-12-16-9-5-7-11-18(16)19(3)15(20)2/h4-11,15H,12-13H2,1-3H3. The molecule has 1 heterocycles. The molecule has 0 aliphatic carbocycles. The number of nitrogens with zero attached hydrogens (tertiary/aromatic N) is 2. The number of benzene rings is 2. The molecule has 0 radical (unpaired) electrons. The van der Waals surface area contributed by atoms with Crippen LogP contribution in [0.5, 0.6) is 0 Å². The Morgan fingerprint density at radius 1 is 0.950 bits per heavy atom. The molecule has 1 unspecified atom stereocenters. The molecule has 2 aromatic carbocycles. The van der Waals surface area contributed by atoms with Crippen LogP contribution in [0.3, 0.4) is 0 Å². The Labute approximate surface area is 121 Å². The fraction of sp³-hybridized carbons (Fsp3) is 0.333. The lowest BCUT2D eigenvalue weighted by atomic mass is 10.1. The second-order valence-electron chi connectivity index (χ2n) is 5.60. The van der Waals surface area contributed by atoms with Gasteiger partial charge in [-0.3, -0.25) is 0 Å². The van der Waals surface area contributed by atoms with Crippen LogP contribution in [0.25, 0.3) is 0 Å². The summed E-state index contributed by atoms with van der Waals surface area (Å²) in [7, 11) is 2.19. The van der Waals surface area contributed by atoms with Crippen LogP contribution < -0.4 is 9.80 Å². The van der Waals surface area contributed by atoms with Gasteiger partial charge in [0.05, 0.1) is 6.17 Å². The minimum Gasteiger partial charge on any atom is -0.354 e. The largest absolute Gasteiger partial charge is 0.354 e. The maximum Gasteiger partial charge on any atom is 0.0984 e. The maximum atomic E-state index is 2.51. The smallest absolute Gasteiger partial charge is 0.0984 e. The highest BCUT2D eigenvalue weighted by atomic mass is 15.3. The van der Waals surface area contributed by atoms with E-state index >= 15 is 0 Å². The third-order valence-corrected chi connectivity index (χ3v) is 4.43. The minimum absolute atomic E-state index is 0.361. The highest BCUT2D eigenvalue weighted by Crippen LogP contribution is 2.30. The second-order valence-corrected chi connectivity index (χ2v) is 5.60. The van der Waals surface area contributed by atoms with Gasteiger partial charge in [0.1, 0.15) is 0 Å². The Morgan fingerprint density at radius 2 is 1.60 bits per heavy atom. The van der Waals surface area contributed by atoms with Crippen LogP contribution in [0.4, 0.5) is 11.4 Å². The molecule has 20 heavy (non-hydrogen) atoms. The fourth-order valence-corrected chi connectivity index (χ4v) is 3.11. The molecule has 0 N–H and O–H groups in total. The molecule has 2 aromatic rings. The molecular weight excluding hydrogens is 244 g/mol. The quantitative estimate of drug-likeness (QED) is 0.774. The van der Waals surface area contributed by atoms with Gasteiger partial charge >= 0.3 is 0 Å². The van der Waals surface area contributed by atoms with E-state index in [1.54, 1.807) is 0 Å². The fourth-order valence-electron chi connectivity index (χ4n) is 3.11. The van der Waals surface area contributed by atoms with Crippen molar-refractivity contribution in [3.8, 4) is 0 Å². The van der Waals surface area contributed by atoms with Crippen molar-refractivity contribution in [3.05, 3.63) is 59.7 Å². The van der Waals surface area contributed by atoms with Gasteiger partial charge in [-0.2, -0.15) is 0 Å². The zero-order valence-electron chi connectivity index (χ0n) is 12.5. The Morgan fingerprint density at radius 3 is 2.35 bits per heavy atom. The van der Waals surface area contributed by atoms with Crippen molar-refractivity contribution in [2.24, 2.45) is 0 Å². The lowest BCUT2D eigenvalue weighted by Crippen LogP contribution is -2.44. The third kappa shape index (κ3) is 2.15. The maximum absolute atomic E-state index is 2.51. The van der Waals surface area contributed by atoms with Gasteiger partial charge in [-0.1, -0.05) is 36.4 Å². The van der Waals surface area contributed by atoms with Gasteiger partial charge in [-0.15, -0.1) is 0 Å². The summed E-state index contributed by atoms with van der Waals surface area (Å²) in [4.78, 5) is 4.89. The van der Waals surface area contributed by atoms with Crippen LogP contribution in [0, 0.1) is 6.92 Å². The summed E-state index contributed by atoms with van der Waals surface area (Å²) in [5.41, 5.74) is 5.49. The average molecular weight is 266 g/mol. The van der Waals surface area contributed by atoms with E-state index < -0.39 is 0 Å². The predicted molar refractivity (Wildman–Crippen MR) is 86.5 cm³/mol. The molecule has 104 valence electrons. The van der Waals surface area contributed by atoms with E-state index in [9.17, 15) is 0 Å². The topological polar surface area (TPSA) is 6.48 Å². The van der Waals surface area contributed by atoms with E-state index in [0.29, 0.717) is 6.17 Å². The van der Waals surface area contributed by atoms with Crippen LogP contribution in [-0.4, -0.2) is 19.8 Å². The van der Waals surface area contributed by atoms with Gasteiger partial charge < -0.3 is 9.80 Å². The molecule has 0 bridgehead atoms. The van der Waals surface area contributed by atoms with Gasteiger partial charge in [-0.05, 0) is 43.5 Å². The number of hydrogen-bond acceptors (Lipinski definition) is 2. The number of hydrogen-bond donors (Lipinski definition) is 0. The molecular formula is C18H22N2. The molecule has 0 spiro atoms. The first-order chi connectivity index (χ1) is 9.68. The Kier molecular flexibility index (Phi) is 3.39. The summed E-state index contributed by atoms with van der Waals surface area (Å²) < 4.78 is 0. The molecule has 1 aliphatic heterocycles. The van der Waals surface area contributed by atoms with Crippen molar-refractivity contribution in [1.29, 1.82) is 0 Å². The van der Waals surface area contributed by atoms with Crippen LogP contribution in [0.15, 0.2) is 48.5 Å². The number of anilines is 2. The first-order valence-electron chi connectivity index (χ1n) is 7.31. The molecule has 2 heteroatoms. The molecule has 1 aliphatic rings. The lowest BCUT2D eigenvalue weighted by molar-refractivity contribution is 0.637. The normalized spacial score (nSPS) is 18.6. The van der Waals surface area contributed by atoms with E-state index in [-0.39, 0.29) is 0 Å². The molecule has 2 nitrogen and oxygen atoms in total. The van der Waals surface area contributed by atoms with E-state index in [4.69, 9.17) is 0 Å². The van der Waals surface area contributed by atoms with Crippen LogP contribution >= 0.6 is 0 Å². The van der Waals surface area contributed by atoms with Crippen molar-refractivity contribution in [2.45, 2.75) is 26.4 Å². The summed E-state index contributed by atoms with van der Waals surface area (Å²) in [5, 5.41) is 0. The highest BCUT2D eigenvalue weighted by Gasteiger charge is 2.24. The minimum atomic E-state index is 0.361. The van der Waals surface area contributed by atoms with E-state index in [0.717, 1.165) is 13.0 Å². The van der Waals surface area contributed by atoms with Gasteiger partial charge in [-0.25, -0.2) is 0 Å². The zero-order chi connectivity index (χ0) is 14.1. The third-order valence-electron chi connectivity index (χ3n) is 4.43. The van der Waals surface area contributed by atoms with Gasteiger partial charge in [0.15, 0.2) is 0 Å². The second kappa shape index (κ2) is 5.20. The molecule has 0 aromatic heterocycles. The van der Waals surface area contributed by atoms with Gasteiger partial charge in [0.25, 0.3) is 0 Å². The first kappa shape index (κ1) is 13.0. The number of para-hydroxylation sites is 2. The van der Waals surface area contributed by atoms with E-state index in [1.165, 1.54) is 22.5 Å². The molecule has 3 rings (SSSR count). The van der Waals surface area contributed by atoms with Gasteiger partial charge in [0, 0.05) is 25.0 Å². The predicted octanol–water partition coefficient (Wildman–Crippen LogP) is 3.84. The number of rotatable bonds is 1. The van der Waals surface area contributed by atoms with Crippen molar-refractivity contribution in [3.63, 3.8) is 0 Å². The summed E-state index contributed by atoms with van der Waals surface area (Å²) in [6.45, 7) is 5.54. The SMILES string of the molecule is Cc1ccccc1N1CCc2ccccc2N(C)C1C. The Bertz CT molecular complexity index is 606. The molecule has 0 saturated heterocycles. The van der Waals surface area contributed by atoms with Crippen molar-refractivity contribution < 1.29 is 0 Å². The Balaban J connectivity index is 2.00. The highest BCUT2D eigenvalue weighted by molar-refractivity contribution is 5.61. The summed E-state index contributed by atoms with van der Waals surface area (Å²) in [6, 6.07) is 17.4. The average Bonchev–Trinajstić information content (AvgIpc) is 2.59. The number of aryl methyl sites for hydroxylation is 1. The van der Waals surface area contributed by atoms with Gasteiger partial charge in [0.2, 0.25) is 0 Å². The molecule has 0 amide bonds. The van der Waals surface area contributed by atoms with Crippen LogP contribution in [-0.2, 0) is 6.42 Å². The Hall–Kier alpha value is -1.96. The molecule has 0 fully saturated rings. The lowest BCUT2D eigenvalue weighted by Gasteiger charge is -2.37. The molecule has 0 saturated carbocycles. The summed E-state index contributed by atoms with van der Waals surface area (Å²) >= 11 is 0. The number of fused-ring (bicyclic) bond motifs is 1. The van der Waals surface area contributed by atoms with Crippen LogP contribution in [0.1, 0.15) is 18.1 Å². The summed E-state index contributed by atoms with van der Waals surface area (Å²) in [5.74, 6) is 0. The molecule has 1 atom stereocenters. The first-order valence-corrected chi connectivity index (χ1v) is 7.31. The summed E-state index contributed by atoms with van der Waals surface area (Å²) in [6.07, 6.45) is 1.46. The van der Waals surface area contributed by atoms with E-state index in [1.807, 2.05) is 0 Å². The van der Waals surface area contributed by atoms with Crippen molar-refractivity contribution in [1.82, 2.24) is 0 Å². The zero-order valence-corrected chi connectivity index (χ0v) is 12.5. The monoisotopic (exact) mass is 266 g/mol. The van der Waals surface area contributed by atoms with E-state index in [2.05, 4.69) is 79.2 Å². The van der Waals surface area contributed by atoms with Crippen molar-refractivity contribution in [2.75, 3.05) is 23.4 Å². The van der Waals surface area contributed by atoms with Crippen LogP contribution in [0.2, 0.25) is 0 Å².